The summed E-state index contributed by atoms with van der Waals surface area (Å²) in [6.45, 7) is 6.99. The number of benzene rings is 2. The number of hydrogen-bond donors (Lipinski definition) is 1. The van der Waals surface area contributed by atoms with Gasteiger partial charge in [-0.3, -0.25) is 14.3 Å². The molecule has 184 valence electrons. The van der Waals surface area contributed by atoms with E-state index in [4.69, 9.17) is 13.9 Å². The second-order valence-corrected chi connectivity index (χ2v) is 14.2. The molecule has 3 aromatic rings. The molecule has 1 saturated heterocycles. The molecule has 4 rings (SSSR count). The molecular formula is C26H29BrN2O5Si. The maximum absolute atomic E-state index is 12.4. The lowest BCUT2D eigenvalue weighted by Gasteiger charge is -2.43. The Morgan fingerprint density at radius 1 is 1.09 bits per heavy atom. The van der Waals surface area contributed by atoms with Crippen molar-refractivity contribution >= 4 is 40.7 Å². The number of rotatable bonds is 7. The van der Waals surface area contributed by atoms with Crippen molar-refractivity contribution in [1.29, 1.82) is 0 Å². The molecule has 1 aliphatic rings. The van der Waals surface area contributed by atoms with E-state index in [-0.39, 0.29) is 18.3 Å². The van der Waals surface area contributed by atoms with Crippen molar-refractivity contribution in [2.45, 2.75) is 38.3 Å². The third-order valence-corrected chi connectivity index (χ3v) is 11.4. The summed E-state index contributed by atoms with van der Waals surface area (Å²) in [6, 6.07) is 20.7. The Balaban J connectivity index is 1.61. The van der Waals surface area contributed by atoms with Gasteiger partial charge in [-0.2, -0.15) is 0 Å². The van der Waals surface area contributed by atoms with Gasteiger partial charge >= 0.3 is 5.69 Å². The molecule has 1 fully saturated rings. The number of aromatic amines is 1. The van der Waals surface area contributed by atoms with Gasteiger partial charge in [0, 0.05) is 6.20 Å². The predicted octanol–water partition coefficient (Wildman–Crippen LogP) is 3.35. The minimum atomic E-state index is -2.75. The molecule has 9 heteroatoms. The fourth-order valence-corrected chi connectivity index (χ4v) is 9.36. The maximum Gasteiger partial charge on any atom is 0.330 e. The Morgan fingerprint density at radius 2 is 1.69 bits per heavy atom. The predicted molar refractivity (Wildman–Crippen MR) is 143 cm³/mol. The first-order valence-electron chi connectivity index (χ1n) is 11.4. The molecule has 0 bridgehead atoms. The number of nitrogens with one attached hydrogen (secondary N) is 1. The molecule has 1 N–H and O–H groups in total. The molecule has 0 unspecified atom stereocenters. The highest BCUT2D eigenvalue weighted by Gasteiger charge is 2.50. The minimum Gasteiger partial charge on any atom is -0.402 e. The van der Waals surface area contributed by atoms with Crippen LogP contribution < -0.4 is 21.6 Å². The quantitative estimate of drug-likeness (QED) is 0.451. The van der Waals surface area contributed by atoms with E-state index in [2.05, 4.69) is 66.0 Å². The van der Waals surface area contributed by atoms with E-state index in [0.717, 1.165) is 10.4 Å². The van der Waals surface area contributed by atoms with Gasteiger partial charge in [0.1, 0.15) is 0 Å². The lowest BCUT2D eigenvalue weighted by atomic mass is 10.2. The second-order valence-electron chi connectivity index (χ2n) is 9.37. The van der Waals surface area contributed by atoms with E-state index in [1.807, 2.05) is 36.4 Å². The molecule has 2 heterocycles. The summed E-state index contributed by atoms with van der Waals surface area (Å²) < 4.78 is 20.2. The topological polar surface area (TPSA) is 82.5 Å². The van der Waals surface area contributed by atoms with Crippen LogP contribution in [0, 0.1) is 0 Å². The van der Waals surface area contributed by atoms with Crippen molar-refractivity contribution in [1.82, 2.24) is 9.55 Å². The third-order valence-electron chi connectivity index (χ3n) is 6.13. The summed E-state index contributed by atoms with van der Waals surface area (Å²) in [5.74, 6) is 0. The fourth-order valence-electron chi connectivity index (χ4n) is 4.53. The number of hydrogen-bond acceptors (Lipinski definition) is 5. The van der Waals surface area contributed by atoms with Gasteiger partial charge in [-0.1, -0.05) is 97.4 Å². The van der Waals surface area contributed by atoms with Gasteiger partial charge in [0.15, 0.2) is 12.5 Å². The van der Waals surface area contributed by atoms with E-state index < -0.39 is 32.1 Å². The van der Waals surface area contributed by atoms with Crippen molar-refractivity contribution in [2.75, 3.05) is 13.2 Å². The molecule has 0 radical (unpaired) electrons. The van der Waals surface area contributed by atoms with Gasteiger partial charge in [0.05, 0.1) is 18.8 Å². The van der Waals surface area contributed by atoms with Crippen molar-refractivity contribution < 1.29 is 13.9 Å². The van der Waals surface area contributed by atoms with E-state index >= 15 is 0 Å². The summed E-state index contributed by atoms with van der Waals surface area (Å²) in [4.78, 5) is 28.3. The van der Waals surface area contributed by atoms with E-state index in [9.17, 15) is 9.59 Å². The summed E-state index contributed by atoms with van der Waals surface area (Å²) >= 11 is 3.16. The Labute approximate surface area is 213 Å². The zero-order valence-electron chi connectivity index (χ0n) is 19.9. The molecular weight excluding hydrogens is 528 g/mol. The number of aromatic nitrogens is 2. The van der Waals surface area contributed by atoms with E-state index in [1.54, 1.807) is 11.1 Å². The summed E-state index contributed by atoms with van der Waals surface area (Å²) in [7, 11) is -2.75. The maximum atomic E-state index is 12.4. The Hall–Kier alpha value is -2.56. The standard InChI is InChI=1S/C26H29BrN2O5Si/c1-26(2,3)35(20-10-6-4-7-11-20,21-12-8-5-9-13-21)33-18-23-32-17-22(34-23)29-16-19(14-15-27)24(30)28-25(29)31/h4-16,22-23H,17-18H2,1-3H3,(H,28,30,31)/b15-14+/t22-,23+/m1/s1. The fraction of sp³-hybridized carbons (Fsp3) is 0.308. The number of ether oxygens (including phenoxy) is 2. The molecule has 0 spiro atoms. The Morgan fingerprint density at radius 3 is 2.23 bits per heavy atom. The first kappa shape index (κ1) is 25.5. The zero-order chi connectivity index (χ0) is 25.1. The SMILES string of the molecule is CC(C)(C)[Si](OC[C@H]1OC[C@H](n2cc(/C=C/Br)c(=O)[nH]c2=O)O1)(c1ccccc1)c1ccccc1. The second kappa shape index (κ2) is 10.6. The molecule has 0 saturated carbocycles. The van der Waals surface area contributed by atoms with Gasteiger partial charge < -0.3 is 13.9 Å². The van der Waals surface area contributed by atoms with Crippen molar-refractivity contribution in [2.24, 2.45) is 0 Å². The largest absolute Gasteiger partial charge is 0.402 e. The van der Waals surface area contributed by atoms with Crippen LogP contribution in [0.1, 0.15) is 32.6 Å². The van der Waals surface area contributed by atoms with Gasteiger partial charge in [-0.05, 0) is 26.5 Å². The third kappa shape index (κ3) is 5.19. The smallest absolute Gasteiger partial charge is 0.330 e. The molecule has 2 aromatic carbocycles. The van der Waals surface area contributed by atoms with E-state index in [0.29, 0.717) is 5.56 Å². The zero-order valence-corrected chi connectivity index (χ0v) is 22.5. The highest BCUT2D eigenvalue weighted by molar-refractivity contribution is 9.11. The minimum absolute atomic E-state index is 0.165. The normalized spacial score (nSPS) is 18.9. The van der Waals surface area contributed by atoms with Crippen LogP contribution in [0.5, 0.6) is 0 Å². The van der Waals surface area contributed by atoms with Crippen LogP contribution in [0.2, 0.25) is 5.04 Å². The summed E-state index contributed by atoms with van der Waals surface area (Å²) in [5.41, 5.74) is -0.687. The van der Waals surface area contributed by atoms with Crippen molar-refractivity contribution in [3.63, 3.8) is 0 Å². The molecule has 7 nitrogen and oxygen atoms in total. The lowest BCUT2D eigenvalue weighted by Crippen LogP contribution is -2.67. The van der Waals surface area contributed by atoms with Crippen LogP contribution in [-0.2, 0) is 13.9 Å². The average Bonchev–Trinajstić information content (AvgIpc) is 3.30. The molecule has 1 aliphatic heterocycles. The number of nitrogens with zero attached hydrogens (tertiary/aromatic N) is 1. The van der Waals surface area contributed by atoms with Gasteiger partial charge in [0.2, 0.25) is 0 Å². The summed E-state index contributed by atoms with van der Waals surface area (Å²) in [6.07, 6.45) is 1.71. The molecule has 1 aromatic heterocycles. The number of H-pyrrole nitrogens is 1. The van der Waals surface area contributed by atoms with Crippen LogP contribution >= 0.6 is 15.9 Å². The first-order valence-corrected chi connectivity index (χ1v) is 14.2. The molecule has 35 heavy (non-hydrogen) atoms. The molecule has 0 amide bonds. The highest BCUT2D eigenvalue weighted by atomic mass is 79.9. The van der Waals surface area contributed by atoms with E-state index in [1.165, 1.54) is 10.8 Å². The Bertz CT molecular complexity index is 1250. The average molecular weight is 558 g/mol. The lowest BCUT2D eigenvalue weighted by molar-refractivity contribution is -0.0956. The molecule has 0 aliphatic carbocycles. The van der Waals surface area contributed by atoms with Crippen LogP contribution in [0.3, 0.4) is 0 Å². The van der Waals surface area contributed by atoms with Crippen LogP contribution in [0.4, 0.5) is 0 Å². The van der Waals surface area contributed by atoms with Crippen molar-refractivity contribution in [3.8, 4) is 0 Å². The van der Waals surface area contributed by atoms with Gasteiger partial charge in [0.25, 0.3) is 13.9 Å². The first-order chi connectivity index (χ1) is 16.8. The van der Waals surface area contributed by atoms with Crippen LogP contribution in [0.15, 0.2) is 81.4 Å². The van der Waals surface area contributed by atoms with Gasteiger partial charge in [-0.15, -0.1) is 0 Å². The highest BCUT2D eigenvalue weighted by Crippen LogP contribution is 2.37. The summed E-state index contributed by atoms with van der Waals surface area (Å²) in [5, 5.41) is 2.15. The monoisotopic (exact) mass is 556 g/mol. The van der Waals surface area contributed by atoms with Gasteiger partial charge in [-0.25, -0.2) is 4.79 Å². The Kier molecular flexibility index (Phi) is 7.73. The van der Waals surface area contributed by atoms with Crippen molar-refractivity contribution in [3.05, 3.63) is 98.2 Å². The van der Waals surface area contributed by atoms with Crippen LogP contribution in [-0.4, -0.2) is 37.4 Å². The number of halogens is 1. The van der Waals surface area contributed by atoms with Crippen LogP contribution in [0.25, 0.3) is 6.08 Å². The molecule has 2 atom stereocenters.